The second-order valence-electron chi connectivity index (χ2n) is 4.53. The fourth-order valence-electron chi connectivity index (χ4n) is 1.60. The molecule has 1 atom stereocenters. The Kier molecular flexibility index (Phi) is 6.27. The van der Waals surface area contributed by atoms with Crippen molar-refractivity contribution in [1.29, 1.82) is 0 Å². The summed E-state index contributed by atoms with van der Waals surface area (Å²) in [5.74, 6) is 0.202. The van der Waals surface area contributed by atoms with Crippen LogP contribution in [-0.4, -0.2) is 17.8 Å². The first-order valence-corrected chi connectivity index (χ1v) is 6.97. The van der Waals surface area contributed by atoms with Crippen molar-refractivity contribution in [3.8, 4) is 0 Å². The summed E-state index contributed by atoms with van der Waals surface area (Å²) in [6.45, 7) is 4.57. The van der Waals surface area contributed by atoms with Gasteiger partial charge in [-0.2, -0.15) is 0 Å². The molecule has 0 radical (unpaired) electrons. The van der Waals surface area contributed by atoms with Gasteiger partial charge < -0.3 is 5.32 Å². The first kappa shape index (κ1) is 15.6. The van der Waals surface area contributed by atoms with Gasteiger partial charge in [0.2, 0.25) is 0 Å². The van der Waals surface area contributed by atoms with E-state index in [4.69, 9.17) is 34.8 Å². The second-order valence-corrected chi connectivity index (χ2v) is 5.97. The van der Waals surface area contributed by atoms with Gasteiger partial charge in [-0.25, -0.2) is 0 Å². The fourth-order valence-corrected chi connectivity index (χ4v) is 2.60. The predicted octanol–water partition coefficient (Wildman–Crippen LogP) is 4.38. The van der Waals surface area contributed by atoms with E-state index in [9.17, 15) is 4.79 Å². The summed E-state index contributed by atoms with van der Waals surface area (Å²) in [6.07, 6.45) is 0.845. The summed E-state index contributed by atoms with van der Waals surface area (Å²) in [5.41, 5.74) is 0.300. The van der Waals surface area contributed by atoms with E-state index in [1.807, 2.05) is 0 Å². The molecule has 0 saturated carbocycles. The average molecular weight is 309 g/mol. The summed E-state index contributed by atoms with van der Waals surface area (Å²) in [4.78, 5) is 11.9. The molecule has 1 amide bonds. The summed E-state index contributed by atoms with van der Waals surface area (Å²) in [7, 11) is 0. The van der Waals surface area contributed by atoms with Crippen molar-refractivity contribution in [2.24, 2.45) is 5.92 Å². The summed E-state index contributed by atoms with van der Waals surface area (Å²) < 4.78 is 0. The number of hydrogen-bond acceptors (Lipinski definition) is 1. The van der Waals surface area contributed by atoms with E-state index in [1.54, 1.807) is 18.2 Å². The molecule has 0 aliphatic heterocycles. The van der Waals surface area contributed by atoms with Gasteiger partial charge in [-0.1, -0.05) is 43.1 Å². The highest BCUT2D eigenvalue weighted by Crippen LogP contribution is 2.24. The topological polar surface area (TPSA) is 29.1 Å². The zero-order valence-electron chi connectivity index (χ0n) is 10.3. The lowest BCUT2D eigenvalue weighted by Crippen LogP contribution is -2.30. The summed E-state index contributed by atoms with van der Waals surface area (Å²) in [5, 5.41) is 3.34. The zero-order valence-corrected chi connectivity index (χ0v) is 12.6. The molecule has 0 fully saturated rings. The van der Waals surface area contributed by atoms with E-state index >= 15 is 0 Å². The number of nitrogens with one attached hydrogen (secondary N) is 1. The predicted molar refractivity (Wildman–Crippen MR) is 77.9 cm³/mol. The number of alkyl halides is 1. The molecule has 0 bridgehead atoms. The van der Waals surface area contributed by atoms with Crippen molar-refractivity contribution in [1.82, 2.24) is 5.32 Å². The van der Waals surface area contributed by atoms with Gasteiger partial charge in [-0.05, 0) is 24.5 Å². The minimum Gasteiger partial charge on any atom is -0.350 e. The smallest absolute Gasteiger partial charge is 0.254 e. The number of halogens is 3. The van der Waals surface area contributed by atoms with E-state index in [2.05, 4.69) is 19.2 Å². The molecule has 1 N–H and O–H groups in total. The molecule has 0 aliphatic rings. The molecule has 0 aliphatic carbocycles. The molecule has 18 heavy (non-hydrogen) atoms. The van der Waals surface area contributed by atoms with Crippen LogP contribution < -0.4 is 5.32 Å². The summed E-state index contributed by atoms with van der Waals surface area (Å²) >= 11 is 18.0. The number of carbonyl (C=O) groups excluding carboxylic acids is 1. The van der Waals surface area contributed by atoms with Crippen LogP contribution in [0.15, 0.2) is 18.2 Å². The Bertz CT molecular complexity index is 400. The molecule has 1 unspecified atom stereocenters. The number of amides is 1. The maximum Gasteiger partial charge on any atom is 0.254 e. The maximum atomic E-state index is 11.9. The van der Waals surface area contributed by atoms with Crippen LogP contribution in [0.2, 0.25) is 10.0 Å². The largest absolute Gasteiger partial charge is 0.350 e. The number of carbonyl (C=O) groups is 1. The molecule has 1 aromatic carbocycles. The average Bonchev–Trinajstić information content (AvgIpc) is 2.25. The van der Waals surface area contributed by atoms with Crippen molar-refractivity contribution in [3.63, 3.8) is 0 Å². The number of rotatable bonds is 5. The van der Waals surface area contributed by atoms with Gasteiger partial charge in [-0.15, -0.1) is 11.6 Å². The molecule has 0 saturated heterocycles. The molecule has 1 rings (SSSR count). The first-order chi connectivity index (χ1) is 8.41. The molecule has 0 spiro atoms. The first-order valence-electron chi connectivity index (χ1n) is 5.78. The van der Waals surface area contributed by atoms with Crippen LogP contribution in [-0.2, 0) is 0 Å². The molecule has 100 valence electrons. The molecule has 0 aromatic heterocycles. The van der Waals surface area contributed by atoms with E-state index in [-0.39, 0.29) is 11.3 Å². The van der Waals surface area contributed by atoms with Crippen LogP contribution in [0.3, 0.4) is 0 Å². The molecular weight excluding hydrogens is 293 g/mol. The zero-order chi connectivity index (χ0) is 13.7. The van der Waals surface area contributed by atoms with E-state index in [1.165, 1.54) is 0 Å². The van der Waals surface area contributed by atoms with Crippen molar-refractivity contribution in [3.05, 3.63) is 33.8 Å². The van der Waals surface area contributed by atoms with Crippen molar-refractivity contribution in [2.45, 2.75) is 25.6 Å². The molecule has 1 aromatic rings. The quantitative estimate of drug-likeness (QED) is 0.804. The van der Waals surface area contributed by atoms with Gasteiger partial charge >= 0.3 is 0 Å². The SMILES string of the molecule is CC(C)CC(Cl)CNC(=O)c1c(Cl)cccc1Cl. The van der Waals surface area contributed by atoms with Crippen LogP contribution in [0.5, 0.6) is 0 Å². The summed E-state index contributed by atoms with van der Waals surface area (Å²) in [6, 6.07) is 4.97. The van der Waals surface area contributed by atoms with E-state index in [0.29, 0.717) is 28.1 Å². The third-order valence-electron chi connectivity index (χ3n) is 2.40. The van der Waals surface area contributed by atoms with Gasteiger partial charge in [0, 0.05) is 6.54 Å². The third kappa shape index (κ3) is 4.68. The van der Waals surface area contributed by atoms with Crippen LogP contribution in [0.1, 0.15) is 30.6 Å². The van der Waals surface area contributed by atoms with Crippen LogP contribution >= 0.6 is 34.8 Å². The van der Waals surface area contributed by atoms with Crippen molar-refractivity contribution in [2.75, 3.05) is 6.54 Å². The van der Waals surface area contributed by atoms with Crippen LogP contribution in [0.4, 0.5) is 0 Å². The third-order valence-corrected chi connectivity index (χ3v) is 3.36. The number of hydrogen-bond donors (Lipinski definition) is 1. The van der Waals surface area contributed by atoms with Crippen molar-refractivity contribution < 1.29 is 4.79 Å². The van der Waals surface area contributed by atoms with Gasteiger partial charge in [-0.3, -0.25) is 4.79 Å². The van der Waals surface area contributed by atoms with Gasteiger partial charge in [0.1, 0.15) is 0 Å². The normalized spacial score (nSPS) is 12.6. The lowest BCUT2D eigenvalue weighted by molar-refractivity contribution is 0.0953. The Morgan fingerprint density at radius 3 is 2.33 bits per heavy atom. The van der Waals surface area contributed by atoms with E-state index < -0.39 is 0 Å². The van der Waals surface area contributed by atoms with Crippen LogP contribution in [0, 0.1) is 5.92 Å². The minimum absolute atomic E-state index is 0.0878. The highest BCUT2D eigenvalue weighted by Gasteiger charge is 2.15. The monoisotopic (exact) mass is 307 g/mol. The van der Waals surface area contributed by atoms with E-state index in [0.717, 1.165) is 6.42 Å². The number of benzene rings is 1. The molecular formula is C13H16Cl3NO. The maximum absolute atomic E-state index is 11.9. The highest BCUT2D eigenvalue weighted by molar-refractivity contribution is 6.39. The highest BCUT2D eigenvalue weighted by atomic mass is 35.5. The van der Waals surface area contributed by atoms with Gasteiger partial charge in [0.15, 0.2) is 0 Å². The second kappa shape index (κ2) is 7.22. The lowest BCUT2D eigenvalue weighted by Gasteiger charge is -2.13. The standard InChI is InChI=1S/C13H16Cl3NO/c1-8(2)6-9(14)7-17-13(18)12-10(15)4-3-5-11(12)16/h3-5,8-9H,6-7H2,1-2H3,(H,17,18). The molecule has 2 nitrogen and oxygen atoms in total. The molecule has 0 heterocycles. The molecule has 5 heteroatoms. The Hall–Kier alpha value is -0.440. The van der Waals surface area contributed by atoms with Gasteiger partial charge in [0.25, 0.3) is 5.91 Å². The van der Waals surface area contributed by atoms with Crippen molar-refractivity contribution >= 4 is 40.7 Å². The fraction of sp³-hybridized carbons (Fsp3) is 0.462. The Balaban J connectivity index is 2.61. The Morgan fingerprint density at radius 1 is 1.28 bits per heavy atom. The Morgan fingerprint density at radius 2 is 1.83 bits per heavy atom. The lowest BCUT2D eigenvalue weighted by atomic mass is 10.1. The van der Waals surface area contributed by atoms with Gasteiger partial charge in [0.05, 0.1) is 21.0 Å². The minimum atomic E-state index is -0.292. The van der Waals surface area contributed by atoms with Crippen LogP contribution in [0.25, 0.3) is 0 Å². The Labute approximate surface area is 123 Å².